The first-order valence-corrected chi connectivity index (χ1v) is 13.1. The van der Waals surface area contributed by atoms with Crippen molar-refractivity contribution in [2.24, 2.45) is 0 Å². The van der Waals surface area contributed by atoms with E-state index in [0.29, 0.717) is 18.4 Å². The topological polar surface area (TPSA) is 182 Å². The number of hydrogen-bond donors (Lipinski definition) is 5. The van der Waals surface area contributed by atoms with Crippen LogP contribution in [-0.2, 0) is 31.3 Å². The Morgan fingerprint density at radius 3 is 2.02 bits per heavy atom. The minimum atomic E-state index is -2.74. The highest BCUT2D eigenvalue weighted by Gasteiger charge is 2.41. The van der Waals surface area contributed by atoms with Crippen LogP contribution in [0, 0.1) is 5.82 Å². The largest absolute Gasteiger partial charge is 0.481 e. The van der Waals surface area contributed by atoms with Gasteiger partial charge in [-0.3, -0.25) is 19.3 Å². The molecule has 5 N–H and O–H groups in total. The van der Waals surface area contributed by atoms with Gasteiger partial charge in [-0.05, 0) is 42.7 Å². The minimum Gasteiger partial charge on any atom is -0.481 e. The molecule has 0 unspecified atom stereocenters. The molecule has 1 saturated heterocycles. The number of halogens is 1. The van der Waals surface area contributed by atoms with Crippen molar-refractivity contribution in [2.45, 2.75) is 50.3 Å². The van der Waals surface area contributed by atoms with Gasteiger partial charge in [0.1, 0.15) is 5.82 Å². The Hall–Kier alpha value is -4.62. The number of carboxylic acid groups (broad SMARTS) is 3. The number of rotatable bonds is 10. The predicted octanol–water partition coefficient (Wildman–Crippen LogP) is 2.39. The average molecular weight is 585 g/mol. The lowest BCUT2D eigenvalue weighted by Gasteiger charge is -2.42. The van der Waals surface area contributed by atoms with Gasteiger partial charge in [0.15, 0.2) is 5.60 Å². The van der Waals surface area contributed by atoms with Gasteiger partial charge in [0.05, 0.1) is 24.1 Å². The van der Waals surface area contributed by atoms with Gasteiger partial charge >= 0.3 is 17.9 Å². The van der Waals surface area contributed by atoms with Crippen LogP contribution in [0.25, 0.3) is 5.69 Å². The highest BCUT2D eigenvalue weighted by Crippen LogP contribution is 2.35. The Morgan fingerprint density at radius 2 is 1.55 bits per heavy atom. The van der Waals surface area contributed by atoms with Crippen molar-refractivity contribution < 1.29 is 44.0 Å². The first-order chi connectivity index (χ1) is 19.8. The number of hydrogen-bond acceptors (Lipinski definition) is 7. The SMILES string of the molecule is CC(=O)NC1(c2ccccc2F)CCN(Cc2ccc(-n3cccn3)cc2)CC1.O=C(O)CC(O)(CC(=O)O)C(=O)O. The number of carbonyl (C=O) groups excluding carboxylic acids is 1. The summed E-state index contributed by atoms with van der Waals surface area (Å²) in [5.74, 6) is -5.41. The molecule has 0 saturated carbocycles. The number of aliphatic hydroxyl groups is 1. The van der Waals surface area contributed by atoms with E-state index in [0.717, 1.165) is 25.3 Å². The van der Waals surface area contributed by atoms with Crippen molar-refractivity contribution in [3.8, 4) is 5.69 Å². The third-order valence-corrected chi connectivity index (χ3v) is 6.91. The molecule has 3 aromatic rings. The maximum absolute atomic E-state index is 14.5. The molecule has 0 atom stereocenters. The first-order valence-electron chi connectivity index (χ1n) is 13.1. The van der Waals surface area contributed by atoms with Crippen molar-refractivity contribution in [1.82, 2.24) is 20.0 Å². The number of likely N-dealkylation sites (tertiary alicyclic amines) is 1. The van der Waals surface area contributed by atoms with Gasteiger partial charge in [-0.25, -0.2) is 13.9 Å². The number of nitrogens with zero attached hydrogens (tertiary/aromatic N) is 3. The van der Waals surface area contributed by atoms with Gasteiger partial charge < -0.3 is 25.7 Å². The first kappa shape index (κ1) is 31.9. The molecule has 0 spiro atoms. The second-order valence-corrected chi connectivity index (χ2v) is 10.1. The highest BCUT2D eigenvalue weighted by molar-refractivity contribution is 5.88. The van der Waals surface area contributed by atoms with E-state index in [9.17, 15) is 23.6 Å². The third kappa shape index (κ3) is 8.44. The molecule has 42 heavy (non-hydrogen) atoms. The lowest BCUT2D eigenvalue weighted by Crippen LogP contribution is -2.52. The number of carboxylic acids is 3. The molecule has 1 amide bonds. The fourth-order valence-corrected chi connectivity index (χ4v) is 4.89. The Balaban J connectivity index is 0.000000316. The van der Waals surface area contributed by atoms with E-state index in [4.69, 9.17) is 20.4 Å². The minimum absolute atomic E-state index is 0.129. The molecule has 1 aliphatic heterocycles. The molecule has 0 radical (unpaired) electrons. The van der Waals surface area contributed by atoms with Crippen LogP contribution in [0.3, 0.4) is 0 Å². The monoisotopic (exact) mass is 584 g/mol. The molecule has 1 aromatic heterocycles. The van der Waals surface area contributed by atoms with Gasteiger partial charge in [0, 0.05) is 44.5 Å². The van der Waals surface area contributed by atoms with E-state index in [2.05, 4.69) is 39.6 Å². The third-order valence-electron chi connectivity index (χ3n) is 6.91. The van der Waals surface area contributed by atoms with E-state index < -0.39 is 41.9 Å². The van der Waals surface area contributed by atoms with Gasteiger partial charge in [-0.2, -0.15) is 5.10 Å². The van der Waals surface area contributed by atoms with Crippen LogP contribution in [-0.4, -0.2) is 77.6 Å². The summed E-state index contributed by atoms with van der Waals surface area (Å²) >= 11 is 0. The summed E-state index contributed by atoms with van der Waals surface area (Å²) in [7, 11) is 0. The van der Waals surface area contributed by atoms with Crippen molar-refractivity contribution in [1.29, 1.82) is 0 Å². The van der Waals surface area contributed by atoms with Crippen molar-refractivity contribution in [3.63, 3.8) is 0 Å². The van der Waals surface area contributed by atoms with Crippen molar-refractivity contribution in [3.05, 3.63) is 83.9 Å². The second-order valence-electron chi connectivity index (χ2n) is 10.1. The number of piperidine rings is 1. The lowest BCUT2D eigenvalue weighted by atomic mass is 9.80. The number of amides is 1. The molecule has 0 bridgehead atoms. The maximum Gasteiger partial charge on any atom is 0.336 e. The van der Waals surface area contributed by atoms with Crippen LogP contribution in [0.1, 0.15) is 43.7 Å². The van der Waals surface area contributed by atoms with Crippen molar-refractivity contribution >= 4 is 23.8 Å². The zero-order chi connectivity index (χ0) is 30.9. The standard InChI is InChI=1S/C23H25FN4O.C6H8O7/c1-18(29)26-23(21-5-2-3-6-22(21)24)11-15-27(16-12-23)17-19-7-9-20(10-8-19)28-14-4-13-25-28;7-3(8)1-6(13,5(11)12)2-4(9)10/h2-10,13-14H,11-12,15-17H2,1H3,(H,26,29);13H,1-2H2,(H,7,8)(H,9,10)(H,11,12). The number of aliphatic carboxylic acids is 3. The summed E-state index contributed by atoms with van der Waals surface area (Å²) in [5.41, 5.74) is -0.547. The zero-order valence-electron chi connectivity index (χ0n) is 22.9. The molecule has 2 aromatic carbocycles. The van der Waals surface area contributed by atoms with E-state index in [-0.39, 0.29) is 11.7 Å². The van der Waals surface area contributed by atoms with Crippen LogP contribution < -0.4 is 5.32 Å². The summed E-state index contributed by atoms with van der Waals surface area (Å²) in [6.07, 6.45) is 2.75. The van der Waals surface area contributed by atoms with Crippen molar-refractivity contribution in [2.75, 3.05) is 13.1 Å². The van der Waals surface area contributed by atoms with Gasteiger partial charge in [0.25, 0.3) is 0 Å². The molecule has 0 aliphatic carbocycles. The Kier molecular flexibility index (Phi) is 10.5. The zero-order valence-corrected chi connectivity index (χ0v) is 22.9. The molecule has 1 aliphatic rings. The summed E-state index contributed by atoms with van der Waals surface area (Å²) in [6, 6.07) is 17.0. The quantitative estimate of drug-likeness (QED) is 0.237. The van der Waals surface area contributed by atoms with Gasteiger partial charge in [-0.15, -0.1) is 0 Å². The molecule has 13 heteroatoms. The van der Waals surface area contributed by atoms with Crippen LogP contribution >= 0.6 is 0 Å². The average Bonchev–Trinajstić information content (AvgIpc) is 3.45. The Bertz CT molecular complexity index is 1370. The fraction of sp³-hybridized carbons (Fsp3) is 0.345. The molecule has 12 nitrogen and oxygen atoms in total. The number of nitrogens with one attached hydrogen (secondary N) is 1. The Morgan fingerprint density at radius 1 is 0.952 bits per heavy atom. The molecule has 2 heterocycles. The smallest absolute Gasteiger partial charge is 0.336 e. The molecular formula is C29H33FN4O8. The van der Waals surface area contributed by atoms with E-state index >= 15 is 0 Å². The van der Waals surface area contributed by atoms with Crippen LogP contribution in [0.5, 0.6) is 0 Å². The summed E-state index contributed by atoms with van der Waals surface area (Å²) in [5, 5.41) is 41.1. The summed E-state index contributed by atoms with van der Waals surface area (Å²) in [6.45, 7) is 3.90. The maximum atomic E-state index is 14.5. The van der Waals surface area contributed by atoms with Crippen LogP contribution in [0.15, 0.2) is 67.0 Å². The molecule has 1 fully saturated rings. The lowest BCUT2D eigenvalue weighted by molar-refractivity contribution is -0.170. The summed E-state index contributed by atoms with van der Waals surface area (Å²) < 4.78 is 16.3. The number of carbonyl (C=O) groups is 4. The molecule has 4 rings (SSSR count). The predicted molar refractivity (Wildman–Crippen MR) is 147 cm³/mol. The van der Waals surface area contributed by atoms with E-state index in [1.54, 1.807) is 18.3 Å². The molecular weight excluding hydrogens is 551 g/mol. The van der Waals surface area contributed by atoms with Gasteiger partial charge in [0.2, 0.25) is 5.91 Å². The molecule has 224 valence electrons. The van der Waals surface area contributed by atoms with E-state index in [1.807, 2.05) is 23.0 Å². The normalized spacial score (nSPS) is 14.7. The Labute approximate surface area is 241 Å². The van der Waals surface area contributed by atoms with Gasteiger partial charge in [-0.1, -0.05) is 30.3 Å². The highest BCUT2D eigenvalue weighted by atomic mass is 19.1. The fourth-order valence-electron chi connectivity index (χ4n) is 4.89. The second kappa shape index (κ2) is 13.8. The van der Waals surface area contributed by atoms with Crippen LogP contribution in [0.2, 0.25) is 0 Å². The van der Waals surface area contributed by atoms with Crippen LogP contribution in [0.4, 0.5) is 4.39 Å². The van der Waals surface area contributed by atoms with E-state index in [1.165, 1.54) is 18.6 Å². The number of benzene rings is 2. The number of aromatic nitrogens is 2. The summed E-state index contributed by atoms with van der Waals surface area (Å²) in [4.78, 5) is 44.7.